The highest BCUT2D eigenvalue weighted by atomic mass is 32.2. The van der Waals surface area contributed by atoms with Gasteiger partial charge < -0.3 is 14.6 Å². The monoisotopic (exact) mass is 400 g/mol. The minimum atomic E-state index is -3.52. The molecule has 0 bridgehead atoms. The third kappa shape index (κ3) is 4.58. The Balaban J connectivity index is 1.58. The Hall–Kier alpha value is -3.13. The van der Waals surface area contributed by atoms with Crippen LogP contribution in [0, 0.1) is 6.92 Å². The number of hydrogen-bond acceptors (Lipinski definition) is 6. The van der Waals surface area contributed by atoms with Gasteiger partial charge in [0.15, 0.2) is 21.3 Å². The molecule has 0 aliphatic rings. The van der Waals surface area contributed by atoms with Crippen molar-refractivity contribution in [3.05, 3.63) is 65.9 Å². The summed E-state index contributed by atoms with van der Waals surface area (Å²) in [5, 5.41) is 6.31. The molecule has 0 aliphatic carbocycles. The van der Waals surface area contributed by atoms with Crippen molar-refractivity contribution in [3.63, 3.8) is 0 Å². The summed E-state index contributed by atoms with van der Waals surface area (Å²) < 4.78 is 34.9. The van der Waals surface area contributed by atoms with E-state index >= 15 is 0 Å². The van der Waals surface area contributed by atoms with Gasteiger partial charge in [0, 0.05) is 18.2 Å². The molecule has 1 aromatic heterocycles. The maximum Gasteiger partial charge on any atom is 0.273 e. The van der Waals surface area contributed by atoms with Gasteiger partial charge in [0.1, 0.15) is 5.75 Å². The minimum Gasteiger partial charge on any atom is -0.497 e. The number of benzene rings is 2. The Morgan fingerprint density at radius 1 is 1.11 bits per heavy atom. The predicted molar refractivity (Wildman–Crippen MR) is 104 cm³/mol. The second kappa shape index (κ2) is 8.26. The molecule has 0 saturated carbocycles. The number of nitrogens with zero attached hydrogens (tertiary/aromatic N) is 1. The zero-order valence-corrected chi connectivity index (χ0v) is 16.3. The number of aryl methyl sites for hydroxylation is 1. The largest absolute Gasteiger partial charge is 0.497 e. The van der Waals surface area contributed by atoms with Crippen LogP contribution in [0.3, 0.4) is 0 Å². The number of sulfone groups is 1. The van der Waals surface area contributed by atoms with Gasteiger partial charge in [-0.05, 0) is 31.2 Å². The molecule has 1 amide bonds. The molecule has 3 aromatic rings. The van der Waals surface area contributed by atoms with Crippen LogP contribution in [0.4, 0.5) is 0 Å². The van der Waals surface area contributed by atoms with E-state index in [4.69, 9.17) is 9.26 Å². The number of aromatic nitrogens is 1. The lowest BCUT2D eigenvalue weighted by molar-refractivity contribution is 0.0947. The van der Waals surface area contributed by atoms with Crippen molar-refractivity contribution >= 4 is 15.7 Å². The third-order valence-electron chi connectivity index (χ3n) is 4.15. The molecule has 3 rings (SSSR count). The summed E-state index contributed by atoms with van der Waals surface area (Å²) in [6.07, 6.45) is 0. The molecular formula is C20H20N2O5S. The predicted octanol–water partition coefficient (Wildman–Crippen LogP) is 2.86. The molecule has 0 radical (unpaired) electrons. The van der Waals surface area contributed by atoms with E-state index in [-0.39, 0.29) is 22.9 Å². The minimum absolute atomic E-state index is 0.0417. The van der Waals surface area contributed by atoms with Crippen LogP contribution in [0.1, 0.15) is 16.1 Å². The van der Waals surface area contributed by atoms with E-state index in [1.54, 1.807) is 12.1 Å². The van der Waals surface area contributed by atoms with Crippen molar-refractivity contribution in [2.75, 3.05) is 19.4 Å². The quantitative estimate of drug-likeness (QED) is 0.655. The highest BCUT2D eigenvalue weighted by molar-refractivity contribution is 7.91. The highest BCUT2D eigenvalue weighted by Gasteiger charge is 2.17. The van der Waals surface area contributed by atoms with E-state index in [0.29, 0.717) is 11.5 Å². The summed E-state index contributed by atoms with van der Waals surface area (Å²) in [7, 11) is -2.01. The lowest BCUT2D eigenvalue weighted by Crippen LogP contribution is -2.29. The Kier molecular flexibility index (Phi) is 5.79. The van der Waals surface area contributed by atoms with Gasteiger partial charge in [0.05, 0.1) is 17.8 Å². The van der Waals surface area contributed by atoms with E-state index in [1.165, 1.54) is 25.3 Å². The van der Waals surface area contributed by atoms with E-state index in [1.807, 2.05) is 31.2 Å². The summed E-state index contributed by atoms with van der Waals surface area (Å²) in [5.74, 6) is 0.319. The maximum absolute atomic E-state index is 12.3. The number of amides is 1. The summed E-state index contributed by atoms with van der Waals surface area (Å²) in [6, 6.07) is 15.2. The second-order valence-electron chi connectivity index (χ2n) is 6.19. The molecule has 0 unspecified atom stereocenters. The topological polar surface area (TPSA) is 98.5 Å². The number of nitrogens with one attached hydrogen (secondary N) is 1. The van der Waals surface area contributed by atoms with E-state index in [9.17, 15) is 13.2 Å². The van der Waals surface area contributed by atoms with E-state index in [0.717, 1.165) is 11.1 Å². The standard InChI is InChI=1S/C20H20N2O5S/c1-14-3-5-15(6-4-14)19-13-18(22-27-19)20(23)21-11-12-28(24,25)17-9-7-16(26-2)8-10-17/h3-10,13H,11-12H2,1-2H3,(H,21,23). The fourth-order valence-corrected chi connectivity index (χ4v) is 3.68. The second-order valence-corrected chi connectivity index (χ2v) is 8.30. The van der Waals surface area contributed by atoms with E-state index in [2.05, 4.69) is 10.5 Å². The fraction of sp³-hybridized carbons (Fsp3) is 0.200. The van der Waals surface area contributed by atoms with E-state index < -0.39 is 15.7 Å². The van der Waals surface area contributed by atoms with Crippen LogP contribution in [-0.4, -0.2) is 38.9 Å². The maximum atomic E-state index is 12.3. The Morgan fingerprint density at radius 2 is 1.79 bits per heavy atom. The normalized spacial score (nSPS) is 11.2. The molecule has 7 nitrogen and oxygen atoms in total. The summed E-state index contributed by atoms with van der Waals surface area (Å²) in [5.41, 5.74) is 2.01. The lowest BCUT2D eigenvalue weighted by atomic mass is 10.1. The smallest absolute Gasteiger partial charge is 0.273 e. The lowest BCUT2D eigenvalue weighted by Gasteiger charge is -2.06. The van der Waals surface area contributed by atoms with Gasteiger partial charge in [-0.2, -0.15) is 0 Å². The van der Waals surface area contributed by atoms with Gasteiger partial charge in [-0.15, -0.1) is 0 Å². The van der Waals surface area contributed by atoms with Gasteiger partial charge >= 0.3 is 0 Å². The van der Waals surface area contributed by atoms with Gasteiger partial charge in [0.2, 0.25) is 0 Å². The molecule has 2 aromatic carbocycles. The van der Waals surface area contributed by atoms with Crippen molar-refractivity contribution in [1.82, 2.24) is 10.5 Å². The summed E-state index contributed by atoms with van der Waals surface area (Å²) >= 11 is 0. The first kappa shape index (κ1) is 19.6. The molecule has 0 atom stereocenters. The molecule has 146 valence electrons. The van der Waals surface area contributed by atoms with Crippen molar-refractivity contribution in [3.8, 4) is 17.1 Å². The van der Waals surface area contributed by atoms with Crippen LogP contribution in [-0.2, 0) is 9.84 Å². The highest BCUT2D eigenvalue weighted by Crippen LogP contribution is 2.21. The number of ether oxygens (including phenoxy) is 1. The van der Waals surface area contributed by atoms with Gasteiger partial charge in [0.25, 0.3) is 5.91 Å². The molecule has 1 heterocycles. The Bertz CT molecular complexity index is 1050. The first-order valence-electron chi connectivity index (χ1n) is 8.58. The van der Waals surface area contributed by atoms with Gasteiger partial charge in [-0.3, -0.25) is 4.79 Å². The average Bonchev–Trinajstić information content (AvgIpc) is 3.19. The number of carbonyl (C=O) groups is 1. The van der Waals surface area contributed by atoms with Crippen LogP contribution < -0.4 is 10.1 Å². The first-order valence-corrected chi connectivity index (χ1v) is 10.2. The SMILES string of the molecule is COc1ccc(S(=O)(=O)CCNC(=O)c2cc(-c3ccc(C)cc3)on2)cc1. The van der Waals surface area contributed by atoms with Crippen LogP contribution >= 0.6 is 0 Å². The van der Waals surface area contributed by atoms with Crippen molar-refractivity contribution < 1.29 is 22.5 Å². The number of carbonyl (C=O) groups excluding carboxylic acids is 1. The van der Waals surface area contributed by atoms with Gasteiger partial charge in [-0.1, -0.05) is 35.0 Å². The molecule has 0 spiro atoms. The first-order chi connectivity index (χ1) is 13.4. The molecule has 0 fully saturated rings. The fourth-order valence-electron chi connectivity index (χ4n) is 2.53. The summed E-state index contributed by atoms with van der Waals surface area (Å²) in [6.45, 7) is 1.93. The molecule has 0 aliphatic heterocycles. The zero-order valence-electron chi connectivity index (χ0n) is 15.5. The molecule has 8 heteroatoms. The zero-order chi connectivity index (χ0) is 20.1. The van der Waals surface area contributed by atoms with Gasteiger partial charge in [-0.25, -0.2) is 8.42 Å². The van der Waals surface area contributed by atoms with Crippen molar-refractivity contribution in [1.29, 1.82) is 0 Å². The average molecular weight is 400 g/mol. The van der Waals surface area contributed by atoms with Crippen LogP contribution in [0.2, 0.25) is 0 Å². The molecule has 1 N–H and O–H groups in total. The number of rotatable bonds is 7. The molecular weight excluding hydrogens is 380 g/mol. The number of hydrogen-bond donors (Lipinski definition) is 1. The van der Waals surface area contributed by atoms with Crippen molar-refractivity contribution in [2.24, 2.45) is 0 Å². The number of methoxy groups -OCH3 is 1. The Morgan fingerprint density at radius 3 is 2.43 bits per heavy atom. The third-order valence-corrected chi connectivity index (χ3v) is 5.89. The Labute approximate surface area is 163 Å². The van der Waals surface area contributed by atoms with Crippen LogP contribution in [0.25, 0.3) is 11.3 Å². The molecule has 0 saturated heterocycles. The van der Waals surface area contributed by atoms with Crippen LogP contribution in [0.15, 0.2) is 64.0 Å². The van der Waals surface area contributed by atoms with Crippen molar-refractivity contribution in [2.45, 2.75) is 11.8 Å². The molecule has 28 heavy (non-hydrogen) atoms. The van der Waals surface area contributed by atoms with Crippen LogP contribution in [0.5, 0.6) is 5.75 Å². The summed E-state index contributed by atoms with van der Waals surface area (Å²) in [4.78, 5) is 12.4.